The molecule has 1 aliphatic heterocycles. The third-order valence-corrected chi connectivity index (χ3v) is 5.15. The van der Waals surface area contributed by atoms with Crippen LogP contribution in [0.1, 0.15) is 6.23 Å². The van der Waals surface area contributed by atoms with Crippen LogP contribution < -0.4 is 33.5 Å². The second-order valence-electron chi connectivity index (χ2n) is 4.88. The van der Waals surface area contributed by atoms with Crippen LogP contribution in [0.2, 0.25) is 0 Å². The maximum absolute atomic E-state index is 11.7. The number of quaternary nitrogens is 2. The second-order valence-corrected chi connectivity index (χ2v) is 7.62. The van der Waals surface area contributed by atoms with Crippen LogP contribution in [0.25, 0.3) is 0 Å². The normalized spacial score (nSPS) is 29.1. The molecule has 0 saturated carbocycles. The summed E-state index contributed by atoms with van der Waals surface area (Å²) in [5, 5.41) is 19.8. The van der Waals surface area contributed by atoms with Gasteiger partial charge in [-0.1, -0.05) is 0 Å². The van der Waals surface area contributed by atoms with Crippen molar-refractivity contribution in [3.8, 4) is 0 Å². The molecule has 0 aliphatic carbocycles. The van der Waals surface area contributed by atoms with Gasteiger partial charge >= 0.3 is 5.69 Å². The minimum Gasteiger partial charge on any atom is -0.756 e. The second kappa shape index (κ2) is 9.29. The lowest BCUT2D eigenvalue weighted by Crippen LogP contribution is -2.36. The number of aromatic nitrogens is 2. The zero-order chi connectivity index (χ0) is 19.0. The van der Waals surface area contributed by atoms with Crippen LogP contribution in [0.3, 0.4) is 0 Å². The number of aliphatic hydroxyl groups is 2. The van der Waals surface area contributed by atoms with Crippen molar-refractivity contribution in [3.05, 3.63) is 22.7 Å². The Morgan fingerprint density at radius 3 is 2.41 bits per heavy atom. The van der Waals surface area contributed by atoms with E-state index in [0.717, 1.165) is 10.8 Å². The zero-order valence-electron chi connectivity index (χ0n) is 14.1. The summed E-state index contributed by atoms with van der Waals surface area (Å²) < 4.78 is 35.1. The molecule has 1 saturated heterocycles. The van der Waals surface area contributed by atoms with E-state index in [4.69, 9.17) is 15.4 Å². The first-order valence-electron chi connectivity index (χ1n) is 6.46. The number of nitrogens with two attached hydrogens (primary N) is 1. The number of aliphatic hydroxyl groups excluding tert-OH is 2. The third-order valence-electron chi connectivity index (χ3n) is 3.06. The number of nitrogen functional groups attached to an aromatic ring is 1. The molecular formula is C9H21N5O11P2. The molecule has 2 rings (SSSR count). The van der Waals surface area contributed by atoms with Gasteiger partial charge in [0.15, 0.2) is 6.23 Å². The molecular weight excluding hydrogens is 416 g/mol. The summed E-state index contributed by atoms with van der Waals surface area (Å²) in [5.74, 6) is -0.0929. The van der Waals surface area contributed by atoms with E-state index in [-0.39, 0.29) is 18.1 Å². The standard InChI is InChI=1S/C9H15N3O11P2.2H3N/c10-5-1-2-12(9(15)11-5)8-7(14)6(13)4(22-8)3-21-25(19,20)23-24(16,17)18;;/h1-2,4,6-8,13-14H,3H2,(H,19,20)(H2,10,11,15)(H2,16,17,18);2*1H3/t4-,6-,7+,8-;;/m1../s1. The van der Waals surface area contributed by atoms with Gasteiger partial charge in [0.25, 0.3) is 15.6 Å². The van der Waals surface area contributed by atoms with Crippen molar-refractivity contribution in [1.82, 2.24) is 21.9 Å². The van der Waals surface area contributed by atoms with E-state index >= 15 is 0 Å². The predicted octanol–water partition coefficient (Wildman–Crippen LogP) is -2.84. The van der Waals surface area contributed by atoms with Gasteiger partial charge in [-0.15, -0.1) is 0 Å². The van der Waals surface area contributed by atoms with Crippen molar-refractivity contribution in [2.24, 2.45) is 0 Å². The fraction of sp³-hybridized carbons (Fsp3) is 0.556. The SMILES string of the molecule is Nc1ccn([C@@H]2O[C@H](COP(=O)([O-])OP(=O)([O-])O)[C@@H](O)[C@@H]2O)c(=O)n1.[NH4+].[NH4+]. The van der Waals surface area contributed by atoms with Crippen LogP contribution >= 0.6 is 15.6 Å². The van der Waals surface area contributed by atoms with E-state index < -0.39 is 52.5 Å². The van der Waals surface area contributed by atoms with E-state index in [1.165, 1.54) is 6.07 Å². The van der Waals surface area contributed by atoms with Crippen LogP contribution in [0.5, 0.6) is 0 Å². The maximum Gasteiger partial charge on any atom is 0.351 e. The van der Waals surface area contributed by atoms with E-state index in [1.54, 1.807) is 0 Å². The number of hydrogen-bond donors (Lipinski definition) is 6. The number of phosphoric ester groups is 1. The summed E-state index contributed by atoms with van der Waals surface area (Å²) >= 11 is 0. The highest BCUT2D eigenvalue weighted by Crippen LogP contribution is 2.52. The number of rotatable bonds is 6. The Morgan fingerprint density at radius 2 is 1.89 bits per heavy atom. The van der Waals surface area contributed by atoms with Gasteiger partial charge in [-0.3, -0.25) is 13.7 Å². The highest BCUT2D eigenvalue weighted by molar-refractivity contribution is 7.59. The minimum atomic E-state index is -5.62. The lowest BCUT2D eigenvalue weighted by Gasteiger charge is -2.28. The number of anilines is 1. The molecule has 0 amide bonds. The van der Waals surface area contributed by atoms with Crippen LogP contribution in [0, 0.1) is 0 Å². The quantitative estimate of drug-likeness (QED) is 0.244. The molecule has 0 bridgehead atoms. The maximum atomic E-state index is 11.7. The highest BCUT2D eigenvalue weighted by Gasteiger charge is 2.44. The zero-order valence-corrected chi connectivity index (χ0v) is 15.9. The van der Waals surface area contributed by atoms with Gasteiger partial charge in [0.2, 0.25) is 0 Å². The van der Waals surface area contributed by atoms with Gasteiger partial charge in [-0.05, 0) is 6.07 Å². The molecule has 6 atom stereocenters. The molecule has 1 aliphatic rings. The van der Waals surface area contributed by atoms with Gasteiger partial charge in [-0.2, -0.15) is 4.98 Å². The summed E-state index contributed by atoms with van der Waals surface area (Å²) in [7, 11) is -11.1. The molecule has 1 aromatic heterocycles. The summed E-state index contributed by atoms with van der Waals surface area (Å²) in [6, 6.07) is 1.22. The molecule has 16 nitrogen and oxygen atoms in total. The van der Waals surface area contributed by atoms with Crippen LogP contribution in [0.15, 0.2) is 17.1 Å². The molecule has 0 aromatic carbocycles. The number of phosphoric acid groups is 2. The van der Waals surface area contributed by atoms with Crippen molar-refractivity contribution in [1.29, 1.82) is 0 Å². The Balaban J connectivity index is 0.00000338. The fourth-order valence-electron chi connectivity index (χ4n) is 2.03. The average molecular weight is 437 g/mol. The number of nitrogens with zero attached hydrogens (tertiary/aromatic N) is 2. The lowest BCUT2D eigenvalue weighted by atomic mass is 10.1. The Hall–Kier alpha value is -1.26. The van der Waals surface area contributed by atoms with E-state index in [0.29, 0.717) is 0 Å². The molecule has 13 N–H and O–H groups in total. The van der Waals surface area contributed by atoms with Crippen LogP contribution in [-0.2, 0) is 22.7 Å². The van der Waals surface area contributed by atoms with Crippen LogP contribution in [0.4, 0.5) is 5.82 Å². The van der Waals surface area contributed by atoms with Crippen molar-refractivity contribution in [3.63, 3.8) is 0 Å². The first kappa shape index (κ1) is 25.7. The third kappa shape index (κ3) is 6.69. The van der Waals surface area contributed by atoms with Gasteiger partial charge in [0.1, 0.15) is 24.1 Å². The Kier molecular flexibility index (Phi) is 8.86. The average Bonchev–Trinajstić information content (AvgIpc) is 2.71. The van der Waals surface area contributed by atoms with Gasteiger partial charge in [0, 0.05) is 6.20 Å². The molecule has 2 unspecified atom stereocenters. The Bertz CT molecular complexity index is 784. The number of ether oxygens (including phenoxy) is 1. The lowest BCUT2D eigenvalue weighted by molar-refractivity contribution is -0.242. The first-order chi connectivity index (χ1) is 11.4. The fourth-order valence-corrected chi connectivity index (χ4v) is 3.56. The molecule has 2 heterocycles. The number of hydrogen-bond acceptors (Lipinski definition) is 12. The van der Waals surface area contributed by atoms with Gasteiger partial charge in [0.05, 0.1) is 6.61 Å². The molecule has 27 heavy (non-hydrogen) atoms. The van der Waals surface area contributed by atoms with E-state index in [2.05, 4.69) is 13.8 Å². The van der Waals surface area contributed by atoms with Gasteiger partial charge < -0.3 is 52.2 Å². The van der Waals surface area contributed by atoms with Gasteiger partial charge in [-0.25, -0.2) is 9.11 Å². The predicted molar refractivity (Wildman–Crippen MR) is 85.3 cm³/mol. The van der Waals surface area contributed by atoms with E-state index in [1.807, 2.05) is 0 Å². The molecule has 1 aromatic rings. The highest BCUT2D eigenvalue weighted by atomic mass is 31.3. The Morgan fingerprint density at radius 1 is 1.30 bits per heavy atom. The summed E-state index contributed by atoms with van der Waals surface area (Å²) in [5.41, 5.74) is 4.42. The molecule has 1 fully saturated rings. The largest absolute Gasteiger partial charge is 0.756 e. The molecule has 0 spiro atoms. The molecule has 18 heteroatoms. The monoisotopic (exact) mass is 437 g/mol. The summed E-state index contributed by atoms with van der Waals surface area (Å²) in [6.07, 6.45) is -5.12. The topological polar surface area (TPSA) is 303 Å². The van der Waals surface area contributed by atoms with E-state index in [9.17, 15) is 33.9 Å². The summed E-state index contributed by atoms with van der Waals surface area (Å²) in [6.45, 7) is -0.966. The van der Waals surface area contributed by atoms with Crippen molar-refractivity contribution in [2.75, 3.05) is 12.3 Å². The van der Waals surface area contributed by atoms with Crippen molar-refractivity contribution >= 4 is 21.5 Å². The minimum absolute atomic E-state index is 0. The summed E-state index contributed by atoms with van der Waals surface area (Å²) in [4.78, 5) is 45.1. The van der Waals surface area contributed by atoms with Crippen molar-refractivity contribution < 1.29 is 47.6 Å². The Labute approximate surface area is 151 Å². The molecule has 0 radical (unpaired) electrons. The first-order valence-corrected chi connectivity index (χ1v) is 9.42. The van der Waals surface area contributed by atoms with Crippen molar-refractivity contribution in [2.45, 2.75) is 24.5 Å². The molecule has 158 valence electrons. The van der Waals surface area contributed by atoms with Crippen LogP contribution in [-0.4, -0.2) is 49.6 Å². The smallest absolute Gasteiger partial charge is 0.351 e.